The highest BCUT2D eigenvalue weighted by Crippen LogP contribution is 2.27. The van der Waals surface area contributed by atoms with Gasteiger partial charge in [0, 0.05) is 17.5 Å². The van der Waals surface area contributed by atoms with Gasteiger partial charge in [-0.2, -0.15) is 0 Å². The monoisotopic (exact) mass is 209 g/mol. The summed E-state index contributed by atoms with van der Waals surface area (Å²) in [5.41, 5.74) is 0.0130. The molecule has 0 amide bonds. The number of nitrogens with zero attached hydrogens (tertiary/aromatic N) is 1. The molecule has 14 heavy (non-hydrogen) atoms. The van der Waals surface area contributed by atoms with E-state index in [1.54, 1.807) is 0 Å². The minimum atomic E-state index is -4.81. The average Bonchev–Trinajstić information content (AvgIpc) is 2.01. The fourth-order valence-corrected chi connectivity index (χ4v) is 0.956. The van der Waals surface area contributed by atoms with E-state index >= 15 is 0 Å². The number of ether oxygens (including phenoxy) is 1. The molecule has 1 aromatic heterocycles. The van der Waals surface area contributed by atoms with Crippen LogP contribution in [-0.4, -0.2) is 11.3 Å². The Balaban J connectivity index is 3.02. The van der Waals surface area contributed by atoms with Gasteiger partial charge in [0.25, 0.3) is 0 Å². The fourth-order valence-electron chi connectivity index (χ4n) is 0.956. The van der Waals surface area contributed by atoms with Crippen molar-refractivity contribution in [3.8, 4) is 5.75 Å². The van der Waals surface area contributed by atoms with Crippen molar-refractivity contribution in [2.75, 3.05) is 0 Å². The second-order valence-electron chi connectivity index (χ2n) is 2.55. The van der Waals surface area contributed by atoms with Gasteiger partial charge >= 0.3 is 6.36 Å². The van der Waals surface area contributed by atoms with E-state index in [-0.39, 0.29) is 11.3 Å². The van der Waals surface area contributed by atoms with Crippen LogP contribution in [0.4, 0.5) is 17.6 Å². The Morgan fingerprint density at radius 1 is 1.43 bits per heavy atom. The number of alkyl halides is 4. The summed E-state index contributed by atoms with van der Waals surface area (Å²) >= 11 is 0. The smallest absolute Gasteiger partial charge is 0.405 e. The Bertz CT molecular complexity index is 324. The van der Waals surface area contributed by atoms with Gasteiger partial charge in [-0.25, -0.2) is 4.39 Å². The van der Waals surface area contributed by atoms with Gasteiger partial charge in [-0.3, -0.25) is 4.98 Å². The first-order chi connectivity index (χ1) is 6.44. The number of halogens is 4. The lowest BCUT2D eigenvalue weighted by Crippen LogP contribution is -2.18. The molecule has 6 heteroatoms. The summed E-state index contributed by atoms with van der Waals surface area (Å²) in [7, 11) is 0. The van der Waals surface area contributed by atoms with Crippen molar-refractivity contribution >= 4 is 0 Å². The van der Waals surface area contributed by atoms with Gasteiger partial charge in [-0.05, 0) is 13.0 Å². The van der Waals surface area contributed by atoms with Gasteiger partial charge < -0.3 is 4.74 Å². The molecule has 2 nitrogen and oxygen atoms in total. The number of aromatic nitrogens is 1. The zero-order valence-electron chi connectivity index (χ0n) is 7.23. The quantitative estimate of drug-likeness (QED) is 0.698. The second-order valence-corrected chi connectivity index (χ2v) is 2.55. The van der Waals surface area contributed by atoms with Crippen LogP contribution in [0.1, 0.15) is 11.3 Å². The minimum absolute atomic E-state index is 0.176. The minimum Gasteiger partial charge on any atom is -0.405 e. The Morgan fingerprint density at radius 2 is 2.07 bits per heavy atom. The molecule has 1 aromatic rings. The lowest BCUT2D eigenvalue weighted by molar-refractivity contribution is -0.275. The van der Waals surface area contributed by atoms with Crippen molar-refractivity contribution in [2.24, 2.45) is 0 Å². The predicted molar refractivity (Wildman–Crippen MR) is 40.5 cm³/mol. The van der Waals surface area contributed by atoms with Crippen LogP contribution in [0, 0.1) is 6.92 Å². The van der Waals surface area contributed by atoms with Crippen LogP contribution in [0.2, 0.25) is 0 Å². The second kappa shape index (κ2) is 3.81. The number of aryl methyl sites for hydroxylation is 1. The summed E-state index contributed by atoms with van der Waals surface area (Å²) in [4.78, 5) is 3.65. The molecule has 78 valence electrons. The predicted octanol–water partition coefficient (Wildman–Crippen LogP) is 2.76. The van der Waals surface area contributed by atoms with E-state index in [9.17, 15) is 17.6 Å². The maximum absolute atomic E-state index is 12.3. The maximum Gasteiger partial charge on any atom is 0.573 e. The summed E-state index contributed by atoms with van der Waals surface area (Å²) < 4.78 is 51.4. The van der Waals surface area contributed by atoms with Crippen LogP contribution < -0.4 is 4.74 Å². The van der Waals surface area contributed by atoms with Crippen molar-refractivity contribution in [1.82, 2.24) is 4.98 Å². The SMILES string of the molecule is Cc1nccc(OC(F)(F)F)c1CF. The van der Waals surface area contributed by atoms with Crippen LogP contribution in [0.3, 0.4) is 0 Å². The van der Waals surface area contributed by atoms with Crippen molar-refractivity contribution in [3.05, 3.63) is 23.5 Å². The van der Waals surface area contributed by atoms with E-state index in [1.807, 2.05) is 0 Å². The first-order valence-electron chi connectivity index (χ1n) is 3.70. The lowest BCUT2D eigenvalue weighted by Gasteiger charge is -2.12. The normalized spacial score (nSPS) is 11.5. The molecule has 0 fully saturated rings. The van der Waals surface area contributed by atoms with Crippen LogP contribution in [0.5, 0.6) is 5.75 Å². The number of rotatable bonds is 2. The summed E-state index contributed by atoms with van der Waals surface area (Å²) in [6.45, 7) is 0.378. The molecular formula is C8H7F4NO. The Morgan fingerprint density at radius 3 is 2.57 bits per heavy atom. The van der Waals surface area contributed by atoms with Crippen LogP contribution in [0.15, 0.2) is 12.3 Å². The molecule has 0 saturated carbocycles. The Kier molecular flexibility index (Phi) is 2.93. The number of pyridine rings is 1. The van der Waals surface area contributed by atoms with E-state index in [2.05, 4.69) is 9.72 Å². The third-order valence-corrected chi connectivity index (χ3v) is 1.59. The van der Waals surface area contributed by atoms with Crippen LogP contribution >= 0.6 is 0 Å². The van der Waals surface area contributed by atoms with E-state index in [0.717, 1.165) is 12.3 Å². The third kappa shape index (κ3) is 2.58. The van der Waals surface area contributed by atoms with Gasteiger partial charge in [0.15, 0.2) is 0 Å². The van der Waals surface area contributed by atoms with Gasteiger partial charge in [-0.15, -0.1) is 13.2 Å². The zero-order chi connectivity index (χ0) is 10.8. The van der Waals surface area contributed by atoms with Gasteiger partial charge in [0.1, 0.15) is 12.4 Å². The van der Waals surface area contributed by atoms with Gasteiger partial charge in [0.05, 0.1) is 0 Å². The molecule has 0 aromatic carbocycles. The van der Waals surface area contributed by atoms with E-state index < -0.39 is 18.8 Å². The van der Waals surface area contributed by atoms with Crippen molar-refractivity contribution in [2.45, 2.75) is 20.0 Å². The standard InChI is InChI=1S/C8H7F4NO/c1-5-6(4-9)7(2-3-13-5)14-8(10,11)12/h2-3H,4H2,1H3. The molecule has 0 aliphatic heterocycles. The Hall–Kier alpha value is -1.33. The molecular weight excluding hydrogens is 202 g/mol. The zero-order valence-corrected chi connectivity index (χ0v) is 7.23. The number of hydrogen-bond donors (Lipinski definition) is 0. The van der Waals surface area contributed by atoms with E-state index in [1.165, 1.54) is 6.92 Å². The summed E-state index contributed by atoms with van der Waals surface area (Å²) in [6, 6.07) is 0.982. The summed E-state index contributed by atoms with van der Waals surface area (Å²) in [6.07, 6.45) is -3.67. The molecule has 0 atom stereocenters. The molecule has 0 N–H and O–H groups in total. The molecule has 0 aliphatic rings. The third-order valence-electron chi connectivity index (χ3n) is 1.59. The van der Waals surface area contributed by atoms with Crippen LogP contribution in [-0.2, 0) is 6.67 Å². The molecule has 0 radical (unpaired) electrons. The first-order valence-corrected chi connectivity index (χ1v) is 3.70. The van der Waals surface area contributed by atoms with Gasteiger partial charge in [-0.1, -0.05) is 0 Å². The molecule has 1 rings (SSSR count). The molecule has 0 bridgehead atoms. The highest BCUT2D eigenvalue weighted by molar-refractivity contribution is 5.34. The van der Waals surface area contributed by atoms with Crippen molar-refractivity contribution < 1.29 is 22.3 Å². The maximum atomic E-state index is 12.3. The Labute approximate surface area is 77.5 Å². The highest BCUT2D eigenvalue weighted by Gasteiger charge is 2.32. The summed E-state index contributed by atoms with van der Waals surface area (Å²) in [5.74, 6) is -0.535. The fraction of sp³-hybridized carbons (Fsp3) is 0.375. The van der Waals surface area contributed by atoms with Crippen molar-refractivity contribution in [3.63, 3.8) is 0 Å². The highest BCUT2D eigenvalue weighted by atomic mass is 19.4. The first kappa shape index (κ1) is 10.7. The molecule has 0 spiro atoms. The van der Waals surface area contributed by atoms with E-state index in [0.29, 0.717) is 0 Å². The summed E-state index contributed by atoms with van der Waals surface area (Å²) in [5, 5.41) is 0. The van der Waals surface area contributed by atoms with E-state index in [4.69, 9.17) is 0 Å². The molecule has 0 unspecified atom stereocenters. The van der Waals surface area contributed by atoms with Crippen LogP contribution in [0.25, 0.3) is 0 Å². The topological polar surface area (TPSA) is 22.1 Å². The molecule has 0 saturated heterocycles. The molecule has 0 aliphatic carbocycles. The number of hydrogen-bond acceptors (Lipinski definition) is 2. The largest absolute Gasteiger partial charge is 0.573 e. The lowest BCUT2D eigenvalue weighted by atomic mass is 10.2. The van der Waals surface area contributed by atoms with Gasteiger partial charge in [0.2, 0.25) is 0 Å². The average molecular weight is 209 g/mol. The van der Waals surface area contributed by atoms with Crippen molar-refractivity contribution in [1.29, 1.82) is 0 Å². The molecule has 1 heterocycles.